The van der Waals surface area contributed by atoms with E-state index in [1.54, 1.807) is 6.07 Å². The highest BCUT2D eigenvalue weighted by Crippen LogP contribution is 2.39. The number of halogens is 3. The summed E-state index contributed by atoms with van der Waals surface area (Å²) < 4.78 is 0. The fraction of sp³-hybridized carbons (Fsp3) is 0. The Morgan fingerprint density at radius 3 is 2.28 bits per heavy atom. The Labute approximate surface area is 183 Å². The molecule has 0 atom stereocenters. The van der Waals surface area contributed by atoms with Crippen LogP contribution in [0.4, 0.5) is 0 Å². The van der Waals surface area contributed by atoms with Gasteiger partial charge < -0.3 is 0 Å². The summed E-state index contributed by atoms with van der Waals surface area (Å²) >= 11 is 18.9. The molecule has 0 unspecified atom stereocenters. The van der Waals surface area contributed by atoms with E-state index in [0.29, 0.717) is 15.1 Å². The van der Waals surface area contributed by atoms with Crippen molar-refractivity contribution in [1.82, 2.24) is 4.98 Å². The van der Waals surface area contributed by atoms with Gasteiger partial charge in [-0.25, -0.2) is 4.98 Å². The number of pyridine rings is 1. The molecular weight excluding hydrogens is 421 g/mol. The summed E-state index contributed by atoms with van der Waals surface area (Å²) in [5, 5.41) is 5.15. The summed E-state index contributed by atoms with van der Waals surface area (Å²) in [5.41, 5.74) is 4.64. The van der Waals surface area contributed by atoms with Crippen LogP contribution in [-0.2, 0) is 0 Å². The molecule has 0 aliphatic carbocycles. The number of benzene rings is 4. The van der Waals surface area contributed by atoms with Crippen LogP contribution in [-0.4, -0.2) is 4.98 Å². The van der Waals surface area contributed by atoms with E-state index in [-0.39, 0.29) is 0 Å². The van der Waals surface area contributed by atoms with Gasteiger partial charge in [-0.1, -0.05) is 89.4 Å². The summed E-state index contributed by atoms with van der Waals surface area (Å²) in [5.74, 6) is 0. The molecule has 0 saturated carbocycles. The number of fused-ring (bicyclic) bond motifs is 3. The van der Waals surface area contributed by atoms with Crippen molar-refractivity contribution in [2.45, 2.75) is 0 Å². The molecule has 4 aromatic carbocycles. The molecule has 29 heavy (non-hydrogen) atoms. The zero-order valence-corrected chi connectivity index (χ0v) is 17.4. The van der Waals surface area contributed by atoms with Gasteiger partial charge in [0.15, 0.2) is 0 Å². The SMILES string of the molecule is Clc1ccc(-c2cc(-c3cccc(Cl)c3Cl)nc3ccc4ccccc4c23)cc1. The van der Waals surface area contributed by atoms with Crippen molar-refractivity contribution >= 4 is 56.5 Å². The lowest BCUT2D eigenvalue weighted by Gasteiger charge is -2.14. The smallest absolute Gasteiger partial charge is 0.0731 e. The van der Waals surface area contributed by atoms with Crippen LogP contribution in [0.3, 0.4) is 0 Å². The summed E-state index contributed by atoms with van der Waals surface area (Å²) in [4.78, 5) is 4.93. The minimum Gasteiger partial charge on any atom is -0.248 e. The lowest BCUT2D eigenvalue weighted by molar-refractivity contribution is 1.40. The molecule has 0 spiro atoms. The predicted octanol–water partition coefficient (Wildman–Crippen LogP) is 8.68. The third-order valence-corrected chi connectivity index (χ3v) is 6.15. The Morgan fingerprint density at radius 1 is 0.655 bits per heavy atom. The van der Waals surface area contributed by atoms with Crippen LogP contribution < -0.4 is 0 Å². The number of hydrogen-bond donors (Lipinski definition) is 0. The van der Waals surface area contributed by atoms with Crippen molar-refractivity contribution in [3.63, 3.8) is 0 Å². The molecule has 0 aliphatic rings. The van der Waals surface area contributed by atoms with Crippen molar-refractivity contribution in [3.8, 4) is 22.4 Å². The van der Waals surface area contributed by atoms with E-state index in [1.165, 1.54) is 5.39 Å². The molecular formula is C25H14Cl3N. The number of hydrogen-bond acceptors (Lipinski definition) is 1. The van der Waals surface area contributed by atoms with Gasteiger partial charge in [0.25, 0.3) is 0 Å². The van der Waals surface area contributed by atoms with Crippen molar-refractivity contribution in [1.29, 1.82) is 0 Å². The van der Waals surface area contributed by atoms with Crippen LogP contribution >= 0.6 is 34.8 Å². The molecule has 1 aromatic heterocycles. The van der Waals surface area contributed by atoms with Crippen LogP contribution in [0, 0.1) is 0 Å². The number of rotatable bonds is 2. The molecule has 0 amide bonds. The first kappa shape index (κ1) is 18.4. The van der Waals surface area contributed by atoms with E-state index in [1.807, 2.05) is 42.5 Å². The Hall–Kier alpha value is -2.58. The standard InChI is InChI=1S/C25H14Cl3N/c26-17-11-8-16(9-12-17)20-14-23(19-6-3-7-21(27)25(19)28)29-22-13-10-15-4-1-2-5-18(15)24(20)22/h1-14H. The molecule has 5 aromatic rings. The maximum atomic E-state index is 6.50. The molecule has 0 aliphatic heterocycles. The first-order valence-electron chi connectivity index (χ1n) is 9.14. The minimum atomic E-state index is 0.504. The Bertz CT molecular complexity index is 1370. The fourth-order valence-electron chi connectivity index (χ4n) is 3.70. The second-order valence-electron chi connectivity index (χ2n) is 6.84. The minimum absolute atomic E-state index is 0.504. The second-order valence-corrected chi connectivity index (χ2v) is 8.07. The molecule has 140 valence electrons. The number of aromatic nitrogens is 1. The zero-order chi connectivity index (χ0) is 20.0. The quantitative estimate of drug-likeness (QED) is 0.253. The van der Waals surface area contributed by atoms with E-state index in [4.69, 9.17) is 39.8 Å². The Balaban J connectivity index is 1.90. The number of nitrogens with zero attached hydrogens (tertiary/aromatic N) is 1. The molecule has 0 bridgehead atoms. The van der Waals surface area contributed by atoms with Crippen LogP contribution in [0.5, 0.6) is 0 Å². The lowest BCUT2D eigenvalue weighted by atomic mass is 9.94. The molecule has 4 heteroatoms. The third-order valence-electron chi connectivity index (χ3n) is 5.08. The highest BCUT2D eigenvalue weighted by molar-refractivity contribution is 6.43. The van der Waals surface area contributed by atoms with Crippen molar-refractivity contribution < 1.29 is 0 Å². The summed E-state index contributed by atoms with van der Waals surface area (Å²) in [6.07, 6.45) is 0. The molecule has 5 rings (SSSR count). The molecule has 0 fully saturated rings. The monoisotopic (exact) mass is 433 g/mol. The Morgan fingerprint density at radius 2 is 1.45 bits per heavy atom. The first-order valence-corrected chi connectivity index (χ1v) is 10.3. The summed E-state index contributed by atoms with van der Waals surface area (Å²) in [6, 6.07) is 28.0. The largest absolute Gasteiger partial charge is 0.248 e. The van der Waals surface area contributed by atoms with E-state index in [9.17, 15) is 0 Å². The van der Waals surface area contributed by atoms with Gasteiger partial charge in [-0.3, -0.25) is 0 Å². The van der Waals surface area contributed by atoms with Gasteiger partial charge in [-0.05, 0) is 52.2 Å². The highest BCUT2D eigenvalue weighted by Gasteiger charge is 2.15. The topological polar surface area (TPSA) is 12.9 Å². The maximum Gasteiger partial charge on any atom is 0.0731 e. The van der Waals surface area contributed by atoms with Gasteiger partial charge in [-0.2, -0.15) is 0 Å². The van der Waals surface area contributed by atoms with Crippen molar-refractivity contribution in [2.75, 3.05) is 0 Å². The average Bonchev–Trinajstić information content (AvgIpc) is 2.75. The van der Waals surface area contributed by atoms with E-state index >= 15 is 0 Å². The van der Waals surface area contributed by atoms with Crippen LogP contribution in [0.15, 0.2) is 84.9 Å². The van der Waals surface area contributed by atoms with E-state index in [2.05, 4.69) is 36.4 Å². The summed E-state index contributed by atoms with van der Waals surface area (Å²) in [6.45, 7) is 0. The lowest BCUT2D eigenvalue weighted by Crippen LogP contribution is -1.92. The van der Waals surface area contributed by atoms with Gasteiger partial charge >= 0.3 is 0 Å². The Kier molecular flexibility index (Phi) is 4.67. The second kappa shape index (κ2) is 7.35. The molecule has 1 heterocycles. The van der Waals surface area contributed by atoms with E-state index < -0.39 is 0 Å². The molecule has 0 N–H and O–H groups in total. The third kappa shape index (κ3) is 3.26. The zero-order valence-electron chi connectivity index (χ0n) is 15.2. The van der Waals surface area contributed by atoms with Crippen LogP contribution in [0.25, 0.3) is 44.1 Å². The summed E-state index contributed by atoms with van der Waals surface area (Å²) in [7, 11) is 0. The average molecular weight is 435 g/mol. The van der Waals surface area contributed by atoms with Crippen LogP contribution in [0.2, 0.25) is 15.1 Å². The highest BCUT2D eigenvalue weighted by atomic mass is 35.5. The van der Waals surface area contributed by atoms with Crippen molar-refractivity contribution in [2.24, 2.45) is 0 Å². The van der Waals surface area contributed by atoms with Gasteiger partial charge in [0, 0.05) is 16.0 Å². The molecule has 0 radical (unpaired) electrons. The fourth-order valence-corrected chi connectivity index (χ4v) is 4.23. The normalized spacial score (nSPS) is 11.3. The first-order chi connectivity index (χ1) is 14.1. The van der Waals surface area contributed by atoms with Gasteiger partial charge in [0.05, 0.1) is 21.3 Å². The van der Waals surface area contributed by atoms with Gasteiger partial charge in [0.2, 0.25) is 0 Å². The predicted molar refractivity (Wildman–Crippen MR) is 125 cm³/mol. The molecule has 1 nitrogen and oxygen atoms in total. The molecule has 0 saturated heterocycles. The van der Waals surface area contributed by atoms with Crippen LogP contribution in [0.1, 0.15) is 0 Å². The van der Waals surface area contributed by atoms with E-state index in [0.717, 1.165) is 38.7 Å². The van der Waals surface area contributed by atoms with Gasteiger partial charge in [-0.15, -0.1) is 0 Å². The van der Waals surface area contributed by atoms with Gasteiger partial charge in [0.1, 0.15) is 0 Å². The maximum absolute atomic E-state index is 6.50. The van der Waals surface area contributed by atoms with Crippen molar-refractivity contribution in [3.05, 3.63) is 100.0 Å².